The number of nitro groups is 1. The van der Waals surface area contributed by atoms with Crippen LogP contribution in [0.3, 0.4) is 0 Å². The second-order valence-corrected chi connectivity index (χ2v) is 3.41. The summed E-state index contributed by atoms with van der Waals surface area (Å²) in [6.45, 7) is 0. The molecule has 0 aromatic heterocycles. The highest BCUT2D eigenvalue weighted by Crippen LogP contribution is 2.27. The predicted octanol–water partition coefficient (Wildman–Crippen LogP) is 3.24. The van der Waals surface area contributed by atoms with Crippen LogP contribution < -0.4 is 0 Å². The monoisotopic (exact) mass is 267 g/mol. The smallest absolute Gasteiger partial charge is 0.258 e. The van der Waals surface area contributed by atoms with E-state index in [1.807, 2.05) is 0 Å². The zero-order chi connectivity index (χ0) is 10.0. The minimum atomic E-state index is -0.666. The van der Waals surface area contributed by atoms with E-state index in [0.717, 1.165) is 6.07 Å². The van der Waals surface area contributed by atoms with Crippen molar-refractivity contribution < 1.29 is 9.31 Å². The first-order valence-electron chi connectivity index (χ1n) is 3.24. The van der Waals surface area contributed by atoms with Gasteiger partial charge in [0.15, 0.2) is 0 Å². The van der Waals surface area contributed by atoms with E-state index in [2.05, 4.69) is 15.9 Å². The Hall–Kier alpha value is -0.680. The van der Waals surface area contributed by atoms with Gasteiger partial charge in [-0.05, 0) is 22.0 Å². The molecule has 0 saturated carbocycles. The van der Waals surface area contributed by atoms with E-state index in [0.29, 0.717) is 5.56 Å². The third-order valence-electron chi connectivity index (χ3n) is 1.46. The molecule has 1 rings (SSSR count). The number of hydrogen-bond donors (Lipinski definition) is 0. The first-order chi connectivity index (χ1) is 6.06. The van der Waals surface area contributed by atoms with Gasteiger partial charge >= 0.3 is 0 Å². The van der Waals surface area contributed by atoms with Gasteiger partial charge in [0.25, 0.3) is 5.69 Å². The molecule has 0 unspecified atom stereocenters. The Morgan fingerprint density at radius 2 is 2.23 bits per heavy atom. The lowest BCUT2D eigenvalue weighted by molar-refractivity contribution is -0.385. The fraction of sp³-hybridized carbons (Fsp3) is 0.143. The van der Waals surface area contributed by atoms with Gasteiger partial charge in [-0.25, -0.2) is 4.39 Å². The Morgan fingerprint density at radius 1 is 1.62 bits per heavy atom. The molecular weight excluding hydrogens is 264 g/mol. The minimum Gasteiger partial charge on any atom is -0.258 e. The maximum atomic E-state index is 12.9. The summed E-state index contributed by atoms with van der Waals surface area (Å²) in [5.74, 6) is -0.685. The largest absolute Gasteiger partial charge is 0.276 e. The molecule has 0 aliphatic rings. The molecular formula is C7H4BrClFNO2. The topological polar surface area (TPSA) is 43.1 Å². The van der Waals surface area contributed by atoms with E-state index in [9.17, 15) is 14.5 Å². The molecule has 0 radical (unpaired) electrons. The van der Waals surface area contributed by atoms with Crippen molar-refractivity contribution in [1.82, 2.24) is 0 Å². The molecule has 0 heterocycles. The van der Waals surface area contributed by atoms with Crippen molar-refractivity contribution >= 4 is 33.2 Å². The molecule has 0 atom stereocenters. The summed E-state index contributed by atoms with van der Waals surface area (Å²) < 4.78 is 13.0. The lowest BCUT2D eigenvalue weighted by Crippen LogP contribution is -1.95. The Kier molecular flexibility index (Phi) is 3.22. The van der Waals surface area contributed by atoms with Crippen molar-refractivity contribution in [2.45, 2.75) is 5.88 Å². The first kappa shape index (κ1) is 10.4. The normalized spacial score (nSPS) is 10.1. The Balaban J connectivity index is 3.33. The van der Waals surface area contributed by atoms with Crippen LogP contribution in [-0.2, 0) is 5.88 Å². The maximum Gasteiger partial charge on any atom is 0.276 e. The highest BCUT2D eigenvalue weighted by molar-refractivity contribution is 9.10. The van der Waals surface area contributed by atoms with E-state index in [1.54, 1.807) is 0 Å². The molecule has 70 valence electrons. The van der Waals surface area contributed by atoms with Gasteiger partial charge in [0.1, 0.15) is 5.82 Å². The van der Waals surface area contributed by atoms with E-state index < -0.39 is 10.7 Å². The molecule has 0 spiro atoms. The summed E-state index contributed by atoms with van der Waals surface area (Å²) in [7, 11) is 0. The van der Waals surface area contributed by atoms with Gasteiger partial charge in [-0.1, -0.05) is 0 Å². The van der Waals surface area contributed by atoms with E-state index in [4.69, 9.17) is 11.6 Å². The lowest BCUT2D eigenvalue weighted by atomic mass is 10.2. The van der Waals surface area contributed by atoms with Crippen LogP contribution >= 0.6 is 27.5 Å². The van der Waals surface area contributed by atoms with Crippen molar-refractivity contribution in [1.29, 1.82) is 0 Å². The van der Waals surface area contributed by atoms with Gasteiger partial charge in [0, 0.05) is 5.56 Å². The number of nitro benzene ring substituents is 1. The Morgan fingerprint density at radius 3 is 2.69 bits per heavy atom. The highest BCUT2D eigenvalue weighted by Gasteiger charge is 2.16. The molecule has 13 heavy (non-hydrogen) atoms. The number of rotatable bonds is 2. The number of nitrogens with zero attached hydrogens (tertiary/aromatic N) is 1. The molecule has 1 aromatic carbocycles. The Labute approximate surface area is 86.8 Å². The van der Waals surface area contributed by atoms with Crippen LogP contribution in [0.4, 0.5) is 10.1 Å². The molecule has 3 nitrogen and oxygen atoms in total. The molecule has 0 aliphatic heterocycles. The van der Waals surface area contributed by atoms with Crippen LogP contribution in [0.25, 0.3) is 0 Å². The van der Waals surface area contributed by atoms with Crippen LogP contribution in [0.2, 0.25) is 0 Å². The summed E-state index contributed by atoms with van der Waals surface area (Å²) in [5, 5.41) is 10.4. The van der Waals surface area contributed by atoms with E-state index in [1.165, 1.54) is 6.07 Å². The van der Waals surface area contributed by atoms with E-state index >= 15 is 0 Å². The predicted molar refractivity (Wildman–Crippen MR) is 50.3 cm³/mol. The molecule has 1 aromatic rings. The Bertz CT molecular complexity index is 359. The molecule has 0 bridgehead atoms. The summed E-state index contributed by atoms with van der Waals surface area (Å²) >= 11 is 8.37. The van der Waals surface area contributed by atoms with Gasteiger partial charge in [0.05, 0.1) is 21.3 Å². The first-order valence-corrected chi connectivity index (χ1v) is 4.57. The fourth-order valence-electron chi connectivity index (χ4n) is 0.855. The maximum absolute atomic E-state index is 12.9. The molecule has 0 amide bonds. The van der Waals surface area contributed by atoms with Crippen LogP contribution in [0.15, 0.2) is 16.6 Å². The summed E-state index contributed by atoms with van der Waals surface area (Å²) in [6, 6.07) is 2.16. The van der Waals surface area contributed by atoms with Crippen molar-refractivity contribution in [3.05, 3.63) is 38.1 Å². The third-order valence-corrected chi connectivity index (χ3v) is 2.36. The summed E-state index contributed by atoms with van der Waals surface area (Å²) in [6.07, 6.45) is 0. The van der Waals surface area contributed by atoms with Crippen LogP contribution in [0, 0.1) is 15.9 Å². The SMILES string of the molecule is O=[N+]([O-])c1cc(F)c(Br)cc1CCl. The van der Waals surface area contributed by atoms with Crippen molar-refractivity contribution in [3.63, 3.8) is 0 Å². The third kappa shape index (κ3) is 2.16. The minimum absolute atomic E-state index is 0.0187. The van der Waals surface area contributed by atoms with Crippen LogP contribution in [0.1, 0.15) is 5.56 Å². The zero-order valence-corrected chi connectivity index (χ0v) is 8.60. The molecule has 6 heteroatoms. The number of halogens is 3. The fourth-order valence-corrected chi connectivity index (χ4v) is 1.46. The van der Waals surface area contributed by atoms with Crippen molar-refractivity contribution in [2.24, 2.45) is 0 Å². The standard InChI is InChI=1S/C7H4BrClFNO2/c8-5-1-4(3-9)7(11(12)13)2-6(5)10/h1-2H,3H2. The van der Waals surface area contributed by atoms with E-state index in [-0.39, 0.29) is 16.0 Å². The van der Waals surface area contributed by atoms with Crippen LogP contribution in [-0.4, -0.2) is 4.92 Å². The number of alkyl halides is 1. The second kappa shape index (κ2) is 4.02. The van der Waals surface area contributed by atoms with Gasteiger partial charge in [0.2, 0.25) is 0 Å². The molecule has 0 N–H and O–H groups in total. The molecule has 0 fully saturated rings. The number of benzene rings is 1. The second-order valence-electron chi connectivity index (χ2n) is 2.29. The van der Waals surface area contributed by atoms with Gasteiger partial charge in [-0.15, -0.1) is 11.6 Å². The van der Waals surface area contributed by atoms with Crippen molar-refractivity contribution in [3.8, 4) is 0 Å². The average molecular weight is 268 g/mol. The quantitative estimate of drug-likeness (QED) is 0.469. The van der Waals surface area contributed by atoms with Gasteiger partial charge in [-0.2, -0.15) is 0 Å². The number of hydrogen-bond acceptors (Lipinski definition) is 2. The van der Waals surface area contributed by atoms with Crippen LogP contribution in [0.5, 0.6) is 0 Å². The zero-order valence-electron chi connectivity index (χ0n) is 6.26. The summed E-state index contributed by atoms with van der Waals surface area (Å²) in [5.41, 5.74) is -0.00404. The highest BCUT2D eigenvalue weighted by atomic mass is 79.9. The molecule has 0 aliphatic carbocycles. The lowest BCUT2D eigenvalue weighted by Gasteiger charge is -2.00. The molecule has 0 saturated heterocycles. The van der Waals surface area contributed by atoms with Crippen molar-refractivity contribution in [2.75, 3.05) is 0 Å². The summed E-state index contributed by atoms with van der Waals surface area (Å²) in [4.78, 5) is 9.75. The van der Waals surface area contributed by atoms with Gasteiger partial charge < -0.3 is 0 Å². The average Bonchev–Trinajstić information content (AvgIpc) is 2.08. The van der Waals surface area contributed by atoms with Gasteiger partial charge in [-0.3, -0.25) is 10.1 Å².